The Balaban J connectivity index is 4.70. The van der Waals surface area contributed by atoms with Crippen molar-refractivity contribution in [2.75, 3.05) is 13.2 Å². The van der Waals surface area contributed by atoms with Crippen LogP contribution in [0.1, 0.15) is 33.1 Å². The van der Waals surface area contributed by atoms with Gasteiger partial charge in [-0.05, 0) is 13.3 Å². The van der Waals surface area contributed by atoms with E-state index in [9.17, 15) is 13.6 Å². The van der Waals surface area contributed by atoms with Crippen LogP contribution in [0, 0.1) is 5.41 Å². The van der Waals surface area contributed by atoms with Gasteiger partial charge in [0.15, 0.2) is 0 Å². The van der Waals surface area contributed by atoms with Crippen LogP contribution in [0.5, 0.6) is 0 Å². The van der Waals surface area contributed by atoms with Crippen molar-refractivity contribution in [2.24, 2.45) is 11.1 Å². The molecule has 3 nitrogen and oxygen atoms in total. The molecule has 1 unspecified atom stereocenters. The number of carbonyl (C=O) groups excluding carboxylic acids is 1. The van der Waals surface area contributed by atoms with E-state index in [2.05, 4.69) is 0 Å². The molecule has 0 saturated carbocycles. The Bertz CT molecular complexity index is 200. The van der Waals surface area contributed by atoms with Crippen LogP contribution in [0.2, 0.25) is 0 Å². The standard InChI is InChI=1S/C10H19F2NO2/c1-3-5-10(7-13,6-8(11)12)9(14)15-4-2/h8H,3-7,13H2,1-2H3. The van der Waals surface area contributed by atoms with Crippen molar-refractivity contribution in [3.8, 4) is 0 Å². The first-order chi connectivity index (χ1) is 7.02. The molecule has 1 atom stereocenters. The molecule has 0 rings (SSSR count). The minimum Gasteiger partial charge on any atom is -0.466 e. The number of nitrogens with two attached hydrogens (primary N) is 1. The Kier molecular flexibility index (Phi) is 6.40. The van der Waals surface area contributed by atoms with E-state index in [1.807, 2.05) is 6.92 Å². The van der Waals surface area contributed by atoms with Gasteiger partial charge >= 0.3 is 5.97 Å². The average molecular weight is 223 g/mol. The first-order valence-corrected chi connectivity index (χ1v) is 5.17. The first kappa shape index (κ1) is 14.3. The highest BCUT2D eigenvalue weighted by molar-refractivity contribution is 5.77. The molecule has 0 amide bonds. The maximum atomic E-state index is 12.4. The Morgan fingerprint density at radius 3 is 2.40 bits per heavy atom. The molecular formula is C10H19F2NO2. The van der Waals surface area contributed by atoms with E-state index < -0.39 is 24.2 Å². The van der Waals surface area contributed by atoms with Gasteiger partial charge < -0.3 is 10.5 Å². The fourth-order valence-electron chi connectivity index (χ4n) is 1.61. The monoisotopic (exact) mass is 223 g/mol. The molecule has 0 heterocycles. The number of ether oxygens (including phenoxy) is 1. The van der Waals surface area contributed by atoms with Gasteiger partial charge in [0.25, 0.3) is 0 Å². The van der Waals surface area contributed by atoms with Crippen molar-refractivity contribution in [3.63, 3.8) is 0 Å². The van der Waals surface area contributed by atoms with Crippen molar-refractivity contribution in [2.45, 2.75) is 39.5 Å². The second-order valence-corrected chi connectivity index (χ2v) is 3.55. The topological polar surface area (TPSA) is 52.3 Å². The Hall–Kier alpha value is -0.710. The highest BCUT2D eigenvalue weighted by Gasteiger charge is 2.40. The van der Waals surface area contributed by atoms with E-state index in [0.29, 0.717) is 12.8 Å². The summed E-state index contributed by atoms with van der Waals surface area (Å²) in [5.74, 6) is -0.602. The van der Waals surface area contributed by atoms with Gasteiger partial charge in [0.05, 0.1) is 12.0 Å². The van der Waals surface area contributed by atoms with Crippen molar-refractivity contribution in [1.29, 1.82) is 0 Å². The summed E-state index contributed by atoms with van der Waals surface area (Å²) in [6.07, 6.45) is -2.09. The zero-order valence-corrected chi connectivity index (χ0v) is 9.26. The molecule has 0 spiro atoms. The Labute approximate surface area is 89.0 Å². The average Bonchev–Trinajstić information content (AvgIpc) is 2.16. The summed E-state index contributed by atoms with van der Waals surface area (Å²) in [6.45, 7) is 3.57. The molecule has 0 aromatic rings. The molecule has 0 bridgehead atoms. The molecule has 0 radical (unpaired) electrons. The lowest BCUT2D eigenvalue weighted by Gasteiger charge is -2.29. The largest absolute Gasteiger partial charge is 0.466 e. The number of halogens is 2. The van der Waals surface area contributed by atoms with Gasteiger partial charge in [-0.2, -0.15) is 0 Å². The summed E-state index contributed by atoms with van der Waals surface area (Å²) in [7, 11) is 0. The van der Waals surface area contributed by atoms with Crippen LogP contribution in [-0.4, -0.2) is 25.5 Å². The van der Waals surface area contributed by atoms with Crippen LogP contribution in [0.15, 0.2) is 0 Å². The molecule has 0 aliphatic heterocycles. The van der Waals surface area contributed by atoms with Crippen LogP contribution in [0.3, 0.4) is 0 Å². The number of carbonyl (C=O) groups is 1. The lowest BCUT2D eigenvalue weighted by Crippen LogP contribution is -2.41. The van der Waals surface area contributed by atoms with Gasteiger partial charge in [-0.3, -0.25) is 4.79 Å². The van der Waals surface area contributed by atoms with Crippen molar-refractivity contribution in [3.05, 3.63) is 0 Å². The molecule has 90 valence electrons. The summed E-state index contributed by atoms with van der Waals surface area (Å²) in [6, 6.07) is 0. The lowest BCUT2D eigenvalue weighted by molar-refractivity contribution is -0.158. The van der Waals surface area contributed by atoms with Gasteiger partial charge in [-0.15, -0.1) is 0 Å². The summed E-state index contributed by atoms with van der Waals surface area (Å²) >= 11 is 0. The molecule has 0 aromatic carbocycles. The fraction of sp³-hybridized carbons (Fsp3) is 0.900. The normalized spacial score (nSPS) is 15.1. The third-order valence-electron chi connectivity index (χ3n) is 2.37. The summed E-state index contributed by atoms with van der Waals surface area (Å²) in [5, 5.41) is 0. The molecule has 0 saturated heterocycles. The lowest BCUT2D eigenvalue weighted by atomic mass is 9.80. The van der Waals surface area contributed by atoms with Crippen LogP contribution in [0.25, 0.3) is 0 Å². The van der Waals surface area contributed by atoms with Gasteiger partial charge in [0.1, 0.15) is 0 Å². The van der Waals surface area contributed by atoms with Gasteiger partial charge in [0.2, 0.25) is 6.43 Å². The third-order valence-corrected chi connectivity index (χ3v) is 2.37. The van der Waals surface area contributed by atoms with Crippen LogP contribution in [-0.2, 0) is 9.53 Å². The predicted octanol–water partition coefficient (Wildman–Crippen LogP) is 1.95. The molecular weight excluding hydrogens is 204 g/mol. The van der Waals surface area contributed by atoms with Gasteiger partial charge in [-0.1, -0.05) is 13.3 Å². The number of hydrogen-bond acceptors (Lipinski definition) is 3. The molecule has 0 aromatic heterocycles. The highest BCUT2D eigenvalue weighted by Crippen LogP contribution is 2.31. The van der Waals surface area contributed by atoms with Crippen molar-refractivity contribution >= 4 is 5.97 Å². The van der Waals surface area contributed by atoms with E-state index >= 15 is 0 Å². The minimum absolute atomic E-state index is 0.0932. The molecule has 2 N–H and O–H groups in total. The van der Waals surface area contributed by atoms with Crippen LogP contribution >= 0.6 is 0 Å². The molecule has 0 fully saturated rings. The van der Waals surface area contributed by atoms with Crippen LogP contribution < -0.4 is 5.73 Å². The van der Waals surface area contributed by atoms with Crippen molar-refractivity contribution in [1.82, 2.24) is 0 Å². The minimum atomic E-state index is -2.54. The number of alkyl halides is 2. The zero-order chi connectivity index (χ0) is 11.9. The maximum absolute atomic E-state index is 12.4. The molecule has 5 heteroatoms. The third kappa shape index (κ3) is 4.11. The second kappa shape index (κ2) is 6.71. The first-order valence-electron chi connectivity index (χ1n) is 5.17. The number of rotatable bonds is 7. The molecule has 0 aliphatic rings. The SMILES string of the molecule is CCCC(CN)(CC(F)F)C(=O)OCC. The zero-order valence-electron chi connectivity index (χ0n) is 9.26. The van der Waals surface area contributed by atoms with Gasteiger partial charge in [-0.25, -0.2) is 8.78 Å². The molecule has 0 aliphatic carbocycles. The van der Waals surface area contributed by atoms with Gasteiger partial charge in [0, 0.05) is 13.0 Å². The Morgan fingerprint density at radius 1 is 1.47 bits per heavy atom. The smallest absolute Gasteiger partial charge is 0.313 e. The summed E-state index contributed by atoms with van der Waals surface area (Å²) in [4.78, 5) is 11.6. The summed E-state index contributed by atoms with van der Waals surface area (Å²) in [5.41, 5.74) is 4.23. The maximum Gasteiger partial charge on any atom is 0.313 e. The second-order valence-electron chi connectivity index (χ2n) is 3.55. The Morgan fingerprint density at radius 2 is 2.07 bits per heavy atom. The quantitative estimate of drug-likeness (QED) is 0.671. The predicted molar refractivity (Wildman–Crippen MR) is 53.6 cm³/mol. The fourth-order valence-corrected chi connectivity index (χ4v) is 1.61. The molecule has 15 heavy (non-hydrogen) atoms. The number of esters is 1. The van der Waals surface area contributed by atoms with E-state index in [-0.39, 0.29) is 13.2 Å². The van der Waals surface area contributed by atoms with E-state index in [1.165, 1.54) is 0 Å². The highest BCUT2D eigenvalue weighted by atomic mass is 19.3. The van der Waals surface area contributed by atoms with E-state index in [4.69, 9.17) is 10.5 Å². The van der Waals surface area contributed by atoms with E-state index in [1.54, 1.807) is 6.92 Å². The van der Waals surface area contributed by atoms with Crippen LogP contribution in [0.4, 0.5) is 8.78 Å². The summed E-state index contributed by atoms with van der Waals surface area (Å²) < 4.78 is 29.6. The van der Waals surface area contributed by atoms with E-state index in [0.717, 1.165) is 0 Å². The number of hydrogen-bond donors (Lipinski definition) is 1. The van der Waals surface area contributed by atoms with Crippen molar-refractivity contribution < 1.29 is 18.3 Å².